The number of carbonyl (C=O) groups is 1. The zero-order valence-corrected chi connectivity index (χ0v) is 11.9. The number of nitrogens with one attached hydrogen (secondary N) is 1. The fourth-order valence-electron chi connectivity index (χ4n) is 1.76. The summed E-state index contributed by atoms with van der Waals surface area (Å²) in [7, 11) is 0. The third-order valence-electron chi connectivity index (χ3n) is 2.72. The number of anilines is 1. The third kappa shape index (κ3) is 3.32. The summed E-state index contributed by atoms with van der Waals surface area (Å²) in [6.45, 7) is 1.94. The van der Waals surface area contributed by atoms with Crippen LogP contribution in [0.25, 0.3) is 0 Å². The number of halogens is 1. The summed E-state index contributed by atoms with van der Waals surface area (Å²) in [6.07, 6.45) is 1.71. The Hall–Kier alpha value is -1.88. The van der Waals surface area contributed by atoms with E-state index in [4.69, 9.17) is 5.11 Å². The first kappa shape index (κ1) is 13.5. The van der Waals surface area contributed by atoms with E-state index in [1.807, 2.05) is 25.1 Å². The highest BCUT2D eigenvalue weighted by atomic mass is 79.9. The molecule has 1 atom stereocenters. The normalized spacial score (nSPS) is 11.9. The number of carboxylic acid groups (broad SMARTS) is 1. The van der Waals surface area contributed by atoms with Crippen molar-refractivity contribution in [3.8, 4) is 0 Å². The number of hydrogen-bond acceptors (Lipinski definition) is 3. The molecule has 0 saturated carbocycles. The summed E-state index contributed by atoms with van der Waals surface area (Å²) in [5, 5.41) is 12.3. The topological polar surface area (TPSA) is 62.2 Å². The van der Waals surface area contributed by atoms with E-state index in [0.29, 0.717) is 5.69 Å². The van der Waals surface area contributed by atoms with Crippen LogP contribution in [0, 0.1) is 0 Å². The molecule has 1 aromatic heterocycles. The van der Waals surface area contributed by atoms with E-state index >= 15 is 0 Å². The van der Waals surface area contributed by atoms with Gasteiger partial charge in [0, 0.05) is 10.7 Å². The first-order valence-corrected chi connectivity index (χ1v) is 6.57. The molecule has 1 aromatic carbocycles. The fraction of sp³-hybridized carbons (Fsp3) is 0.143. The zero-order chi connectivity index (χ0) is 13.8. The highest BCUT2D eigenvalue weighted by Crippen LogP contribution is 2.25. The van der Waals surface area contributed by atoms with Gasteiger partial charge >= 0.3 is 5.97 Å². The first-order chi connectivity index (χ1) is 9.08. The van der Waals surface area contributed by atoms with Crippen molar-refractivity contribution in [3.63, 3.8) is 0 Å². The van der Waals surface area contributed by atoms with Crippen molar-refractivity contribution < 1.29 is 9.90 Å². The van der Waals surface area contributed by atoms with E-state index in [1.165, 1.54) is 0 Å². The Balaban J connectivity index is 2.28. The smallest absolute Gasteiger partial charge is 0.337 e. The zero-order valence-electron chi connectivity index (χ0n) is 10.3. The molecule has 4 nitrogen and oxygen atoms in total. The van der Waals surface area contributed by atoms with Crippen molar-refractivity contribution in [2.45, 2.75) is 13.0 Å². The van der Waals surface area contributed by atoms with E-state index < -0.39 is 5.97 Å². The van der Waals surface area contributed by atoms with E-state index in [-0.39, 0.29) is 11.6 Å². The number of carboxylic acids is 1. The van der Waals surface area contributed by atoms with Gasteiger partial charge in [-0.2, -0.15) is 0 Å². The molecular weight excluding hydrogens is 308 g/mol. The van der Waals surface area contributed by atoms with Gasteiger partial charge in [-0.15, -0.1) is 0 Å². The maximum Gasteiger partial charge on any atom is 0.337 e. The van der Waals surface area contributed by atoms with Crippen LogP contribution >= 0.6 is 15.9 Å². The van der Waals surface area contributed by atoms with Gasteiger partial charge in [0.1, 0.15) is 0 Å². The van der Waals surface area contributed by atoms with E-state index in [9.17, 15) is 4.79 Å². The summed E-state index contributed by atoms with van der Waals surface area (Å²) in [5.41, 5.74) is 1.67. The van der Waals surface area contributed by atoms with Crippen LogP contribution in [0.1, 0.15) is 29.0 Å². The maximum absolute atomic E-state index is 11.2. The molecule has 2 rings (SSSR count). The molecule has 1 heterocycles. The minimum absolute atomic E-state index is 0.0754. The molecule has 0 amide bonds. The lowest BCUT2D eigenvalue weighted by Crippen LogP contribution is -2.11. The second-order valence-corrected chi connectivity index (χ2v) is 5.03. The number of benzene rings is 1. The molecule has 0 fully saturated rings. The minimum atomic E-state index is -0.955. The number of rotatable bonds is 4. The van der Waals surface area contributed by atoms with Gasteiger partial charge in [0.15, 0.2) is 0 Å². The summed E-state index contributed by atoms with van der Waals surface area (Å²) in [5.74, 6) is -0.955. The Morgan fingerprint density at radius 3 is 2.79 bits per heavy atom. The van der Waals surface area contributed by atoms with Crippen molar-refractivity contribution in [2.75, 3.05) is 5.32 Å². The molecule has 0 aliphatic rings. The van der Waals surface area contributed by atoms with Gasteiger partial charge in [-0.1, -0.05) is 22.0 Å². The Labute approximate surface area is 119 Å². The fourth-order valence-corrected chi connectivity index (χ4v) is 2.12. The minimum Gasteiger partial charge on any atom is -0.478 e. The Morgan fingerprint density at radius 2 is 2.16 bits per heavy atom. The van der Waals surface area contributed by atoms with Gasteiger partial charge in [0.25, 0.3) is 0 Å². The van der Waals surface area contributed by atoms with Crippen LogP contribution in [-0.2, 0) is 0 Å². The molecule has 19 heavy (non-hydrogen) atoms. The molecule has 0 aliphatic heterocycles. The largest absolute Gasteiger partial charge is 0.478 e. The number of nitrogens with zero attached hydrogens (tertiary/aromatic N) is 1. The predicted molar refractivity (Wildman–Crippen MR) is 77.4 cm³/mol. The molecule has 0 spiro atoms. The Bertz CT molecular complexity index is 587. The van der Waals surface area contributed by atoms with Crippen molar-refractivity contribution in [1.29, 1.82) is 0 Å². The molecular formula is C14H13BrN2O2. The Kier molecular flexibility index (Phi) is 4.16. The van der Waals surface area contributed by atoms with Crippen LogP contribution in [0.2, 0.25) is 0 Å². The quantitative estimate of drug-likeness (QED) is 0.901. The summed E-state index contributed by atoms with van der Waals surface area (Å²) in [6, 6.07) is 10.6. The molecule has 98 valence electrons. The van der Waals surface area contributed by atoms with Crippen molar-refractivity contribution in [2.24, 2.45) is 0 Å². The molecule has 2 aromatic rings. The second kappa shape index (κ2) is 5.84. The van der Waals surface area contributed by atoms with Gasteiger partial charge in [-0.05, 0) is 37.3 Å². The Morgan fingerprint density at radius 1 is 1.37 bits per heavy atom. The third-order valence-corrected chi connectivity index (χ3v) is 3.21. The van der Waals surface area contributed by atoms with Crippen LogP contribution in [0.4, 0.5) is 5.69 Å². The van der Waals surface area contributed by atoms with E-state index in [0.717, 1.165) is 10.2 Å². The summed E-state index contributed by atoms with van der Waals surface area (Å²) >= 11 is 3.34. The highest BCUT2D eigenvalue weighted by molar-refractivity contribution is 9.10. The average Bonchev–Trinajstić information content (AvgIpc) is 2.39. The van der Waals surface area contributed by atoms with Gasteiger partial charge in [0.05, 0.1) is 23.0 Å². The second-order valence-electron chi connectivity index (χ2n) is 4.12. The van der Waals surface area contributed by atoms with E-state index in [1.54, 1.807) is 24.4 Å². The number of aromatic nitrogens is 1. The highest BCUT2D eigenvalue weighted by Gasteiger charge is 2.13. The average molecular weight is 321 g/mol. The lowest BCUT2D eigenvalue weighted by atomic mass is 10.1. The molecule has 5 heteroatoms. The van der Waals surface area contributed by atoms with Crippen LogP contribution in [0.15, 0.2) is 47.1 Å². The van der Waals surface area contributed by atoms with Crippen LogP contribution in [0.3, 0.4) is 0 Å². The first-order valence-electron chi connectivity index (χ1n) is 5.78. The standard InChI is InChI=1S/C14H13BrN2O2/c1-9(12-4-2-3-7-16-12)17-13-8-10(15)5-6-11(13)14(18)19/h2-9,17H,1H3,(H,18,19). The molecule has 0 radical (unpaired) electrons. The summed E-state index contributed by atoms with van der Waals surface area (Å²) < 4.78 is 0.827. The molecule has 2 N–H and O–H groups in total. The lowest BCUT2D eigenvalue weighted by molar-refractivity contribution is 0.0698. The van der Waals surface area contributed by atoms with Gasteiger partial charge < -0.3 is 10.4 Å². The monoisotopic (exact) mass is 320 g/mol. The molecule has 0 aliphatic carbocycles. The van der Waals surface area contributed by atoms with Crippen molar-refractivity contribution >= 4 is 27.6 Å². The van der Waals surface area contributed by atoms with Gasteiger partial charge in [-0.25, -0.2) is 4.79 Å². The number of hydrogen-bond donors (Lipinski definition) is 2. The molecule has 0 bridgehead atoms. The van der Waals surface area contributed by atoms with Crippen LogP contribution < -0.4 is 5.32 Å². The SMILES string of the molecule is CC(Nc1cc(Br)ccc1C(=O)O)c1ccccn1. The summed E-state index contributed by atoms with van der Waals surface area (Å²) in [4.78, 5) is 15.4. The maximum atomic E-state index is 11.2. The van der Waals surface area contributed by atoms with Crippen molar-refractivity contribution in [3.05, 3.63) is 58.3 Å². The lowest BCUT2D eigenvalue weighted by Gasteiger charge is -2.16. The van der Waals surface area contributed by atoms with Crippen LogP contribution in [-0.4, -0.2) is 16.1 Å². The predicted octanol–water partition coefficient (Wildman–Crippen LogP) is 3.72. The van der Waals surface area contributed by atoms with Crippen molar-refractivity contribution in [1.82, 2.24) is 4.98 Å². The number of aromatic carboxylic acids is 1. The molecule has 0 saturated heterocycles. The van der Waals surface area contributed by atoms with Gasteiger partial charge in [0.2, 0.25) is 0 Å². The molecule has 1 unspecified atom stereocenters. The van der Waals surface area contributed by atoms with Gasteiger partial charge in [-0.3, -0.25) is 4.98 Å². The number of pyridine rings is 1. The van der Waals surface area contributed by atoms with E-state index in [2.05, 4.69) is 26.2 Å². The van der Waals surface area contributed by atoms with Crippen LogP contribution in [0.5, 0.6) is 0 Å².